The topological polar surface area (TPSA) is 47.0 Å². The van der Waals surface area contributed by atoms with Gasteiger partial charge in [0.25, 0.3) is 0 Å². The van der Waals surface area contributed by atoms with Crippen LogP contribution >= 0.6 is 22.9 Å². The van der Waals surface area contributed by atoms with Crippen molar-refractivity contribution in [2.45, 2.75) is 6.61 Å². The van der Waals surface area contributed by atoms with Crippen LogP contribution in [0.4, 0.5) is 11.5 Å². The molecule has 0 unspecified atom stereocenters. The lowest BCUT2D eigenvalue weighted by molar-refractivity contribution is 0.185. The molecule has 26 heavy (non-hydrogen) atoms. The quantitative estimate of drug-likeness (QED) is 0.467. The highest BCUT2D eigenvalue weighted by Crippen LogP contribution is 2.36. The Morgan fingerprint density at radius 3 is 2.73 bits per heavy atom. The predicted molar refractivity (Wildman–Crippen MR) is 108 cm³/mol. The molecule has 0 saturated carbocycles. The number of nitrogens with one attached hydrogen (secondary N) is 1. The molecule has 2 heterocycles. The van der Waals surface area contributed by atoms with Gasteiger partial charge in [0.15, 0.2) is 5.82 Å². The summed E-state index contributed by atoms with van der Waals surface area (Å²) in [5.74, 6) is 0.688. The summed E-state index contributed by atoms with van der Waals surface area (Å²) in [5, 5.41) is 4.92. The number of methoxy groups -OCH3 is 1. The lowest BCUT2D eigenvalue weighted by Gasteiger charge is -2.12. The minimum absolute atomic E-state index is 0.489. The van der Waals surface area contributed by atoms with E-state index in [2.05, 4.69) is 15.3 Å². The van der Waals surface area contributed by atoms with Gasteiger partial charge in [-0.15, -0.1) is 11.3 Å². The molecule has 2 aromatic heterocycles. The Labute approximate surface area is 160 Å². The summed E-state index contributed by atoms with van der Waals surface area (Å²) in [4.78, 5) is 9.09. The number of fused-ring (bicyclic) bond motifs is 1. The highest BCUT2D eigenvalue weighted by molar-refractivity contribution is 7.18. The third-order valence-electron chi connectivity index (χ3n) is 3.96. The Morgan fingerprint density at radius 2 is 1.92 bits per heavy atom. The maximum Gasteiger partial charge on any atom is 0.157 e. The molecule has 2 aromatic carbocycles. The molecule has 0 aliphatic heterocycles. The van der Waals surface area contributed by atoms with Crippen LogP contribution in [0.25, 0.3) is 21.3 Å². The van der Waals surface area contributed by atoms with E-state index in [0.29, 0.717) is 17.4 Å². The van der Waals surface area contributed by atoms with Gasteiger partial charge in [-0.1, -0.05) is 54.1 Å². The summed E-state index contributed by atoms with van der Waals surface area (Å²) in [6.07, 6.45) is 1.77. The number of hydrogen-bond donors (Lipinski definition) is 1. The summed E-state index contributed by atoms with van der Waals surface area (Å²) in [5.41, 5.74) is 3.67. The van der Waals surface area contributed by atoms with Crippen molar-refractivity contribution in [3.63, 3.8) is 0 Å². The predicted octanol–water partition coefficient (Wildman–Crippen LogP) is 5.90. The van der Waals surface area contributed by atoms with Crippen LogP contribution in [0.15, 0.2) is 60.8 Å². The van der Waals surface area contributed by atoms with Crippen LogP contribution in [-0.2, 0) is 11.3 Å². The summed E-state index contributed by atoms with van der Waals surface area (Å²) >= 11 is 8.27. The van der Waals surface area contributed by atoms with Gasteiger partial charge in [-0.2, -0.15) is 0 Å². The van der Waals surface area contributed by atoms with Gasteiger partial charge in [-0.25, -0.2) is 9.97 Å². The first-order valence-electron chi connectivity index (χ1n) is 8.10. The number of halogens is 1. The molecule has 0 saturated heterocycles. The van der Waals surface area contributed by atoms with Crippen molar-refractivity contribution in [3.05, 3.63) is 70.8 Å². The fourth-order valence-corrected chi connectivity index (χ4v) is 3.99. The van der Waals surface area contributed by atoms with Crippen molar-refractivity contribution in [2.24, 2.45) is 0 Å². The highest BCUT2D eigenvalue weighted by atomic mass is 35.5. The van der Waals surface area contributed by atoms with Gasteiger partial charge in [-0.3, -0.25) is 0 Å². The van der Waals surface area contributed by atoms with Crippen molar-refractivity contribution < 1.29 is 4.74 Å². The SMILES string of the molecule is COCc1nc2c(Nc3cccc(-c4ccccc4)c3Cl)nccc2s1. The van der Waals surface area contributed by atoms with Crippen LogP contribution in [0, 0.1) is 0 Å². The molecule has 0 bridgehead atoms. The molecule has 0 aliphatic rings. The normalized spacial score (nSPS) is 11.0. The Hall–Kier alpha value is -2.47. The molecule has 0 amide bonds. The molecule has 4 aromatic rings. The van der Waals surface area contributed by atoms with Gasteiger partial charge in [0.2, 0.25) is 0 Å². The zero-order valence-corrected chi connectivity index (χ0v) is 15.6. The maximum atomic E-state index is 6.67. The van der Waals surface area contributed by atoms with E-state index in [1.165, 1.54) is 0 Å². The largest absolute Gasteiger partial charge is 0.378 e. The molecule has 6 heteroatoms. The number of thiazole rings is 1. The molecule has 0 fully saturated rings. The Bertz CT molecular complexity index is 1050. The summed E-state index contributed by atoms with van der Waals surface area (Å²) < 4.78 is 6.25. The van der Waals surface area contributed by atoms with E-state index in [1.807, 2.05) is 54.6 Å². The van der Waals surface area contributed by atoms with Gasteiger partial charge >= 0.3 is 0 Å². The number of pyridine rings is 1. The zero-order chi connectivity index (χ0) is 17.9. The lowest BCUT2D eigenvalue weighted by atomic mass is 10.1. The molecular weight excluding hydrogens is 366 g/mol. The fourth-order valence-electron chi connectivity index (χ4n) is 2.77. The average Bonchev–Trinajstić information content (AvgIpc) is 3.08. The van der Waals surface area contributed by atoms with E-state index < -0.39 is 0 Å². The van der Waals surface area contributed by atoms with E-state index in [-0.39, 0.29) is 0 Å². The second-order valence-corrected chi connectivity index (χ2v) is 7.20. The number of aromatic nitrogens is 2. The Balaban J connectivity index is 1.73. The van der Waals surface area contributed by atoms with Gasteiger partial charge in [0.05, 0.1) is 22.0 Å². The third kappa shape index (κ3) is 3.29. The monoisotopic (exact) mass is 381 g/mol. The van der Waals surface area contributed by atoms with E-state index in [4.69, 9.17) is 16.3 Å². The van der Waals surface area contributed by atoms with Crippen molar-refractivity contribution in [1.82, 2.24) is 9.97 Å². The standard InChI is InChI=1S/C20H16ClN3OS/c1-25-12-17-24-19-16(26-17)10-11-22-20(19)23-15-9-5-8-14(18(15)21)13-6-3-2-4-7-13/h2-11H,12H2,1H3,(H,22,23). The summed E-state index contributed by atoms with van der Waals surface area (Å²) in [7, 11) is 1.67. The van der Waals surface area contributed by atoms with Crippen LogP contribution in [-0.4, -0.2) is 17.1 Å². The van der Waals surface area contributed by atoms with Crippen LogP contribution in [0.5, 0.6) is 0 Å². The van der Waals surface area contributed by atoms with Crippen LogP contribution < -0.4 is 5.32 Å². The number of rotatable bonds is 5. The van der Waals surface area contributed by atoms with Crippen molar-refractivity contribution in [1.29, 1.82) is 0 Å². The molecule has 4 rings (SSSR count). The molecule has 0 spiro atoms. The van der Waals surface area contributed by atoms with E-state index in [9.17, 15) is 0 Å². The number of ether oxygens (including phenoxy) is 1. The molecule has 0 radical (unpaired) electrons. The molecule has 1 N–H and O–H groups in total. The molecule has 0 aliphatic carbocycles. The lowest BCUT2D eigenvalue weighted by Crippen LogP contribution is -1.96. The minimum Gasteiger partial charge on any atom is -0.378 e. The Morgan fingerprint density at radius 1 is 1.08 bits per heavy atom. The van der Waals surface area contributed by atoms with Gasteiger partial charge in [0.1, 0.15) is 10.5 Å². The molecule has 4 nitrogen and oxygen atoms in total. The van der Waals surface area contributed by atoms with Gasteiger partial charge < -0.3 is 10.1 Å². The molecule has 130 valence electrons. The number of hydrogen-bond acceptors (Lipinski definition) is 5. The first kappa shape index (κ1) is 17.0. The van der Waals surface area contributed by atoms with Crippen LogP contribution in [0.3, 0.4) is 0 Å². The first-order chi connectivity index (χ1) is 12.8. The van der Waals surface area contributed by atoms with E-state index >= 15 is 0 Å². The van der Waals surface area contributed by atoms with Crippen molar-refractivity contribution in [2.75, 3.05) is 12.4 Å². The van der Waals surface area contributed by atoms with Crippen LogP contribution in [0.2, 0.25) is 5.02 Å². The fraction of sp³-hybridized carbons (Fsp3) is 0.100. The maximum absolute atomic E-state index is 6.67. The summed E-state index contributed by atoms with van der Waals surface area (Å²) in [6.45, 7) is 0.489. The number of benzene rings is 2. The van der Waals surface area contributed by atoms with Crippen molar-refractivity contribution in [3.8, 4) is 11.1 Å². The summed E-state index contributed by atoms with van der Waals surface area (Å²) in [6, 6.07) is 18.0. The number of nitrogens with zero attached hydrogens (tertiary/aromatic N) is 2. The smallest absolute Gasteiger partial charge is 0.157 e. The van der Waals surface area contributed by atoms with Gasteiger partial charge in [0, 0.05) is 18.9 Å². The highest BCUT2D eigenvalue weighted by Gasteiger charge is 2.13. The zero-order valence-electron chi connectivity index (χ0n) is 14.1. The minimum atomic E-state index is 0.489. The van der Waals surface area contributed by atoms with Crippen molar-refractivity contribution >= 4 is 44.7 Å². The molecular formula is C20H16ClN3OS. The van der Waals surface area contributed by atoms with Gasteiger partial charge in [-0.05, 0) is 17.7 Å². The average molecular weight is 382 g/mol. The first-order valence-corrected chi connectivity index (χ1v) is 9.30. The van der Waals surface area contributed by atoms with E-state index in [1.54, 1.807) is 24.6 Å². The van der Waals surface area contributed by atoms with Crippen LogP contribution in [0.1, 0.15) is 5.01 Å². The van der Waals surface area contributed by atoms with E-state index in [0.717, 1.165) is 32.0 Å². The second kappa shape index (κ2) is 7.41. The second-order valence-electron chi connectivity index (χ2n) is 5.71. The third-order valence-corrected chi connectivity index (χ3v) is 5.36. The molecule has 0 atom stereocenters. The Kier molecular flexibility index (Phi) is 4.84. The number of anilines is 2.